The Balaban J connectivity index is 2.28. The molecule has 1 aliphatic heterocycles. The minimum absolute atomic E-state index is 0.104. The largest absolute Gasteiger partial charge is 0.321 e. The molecule has 1 atom stereocenters. The van der Waals surface area contributed by atoms with Gasteiger partial charge in [0.05, 0.1) is 6.04 Å². The third kappa shape index (κ3) is 3.52. The van der Waals surface area contributed by atoms with Gasteiger partial charge in [-0.1, -0.05) is 42.5 Å². The molecule has 1 unspecified atom stereocenters. The van der Waals surface area contributed by atoms with Crippen LogP contribution < -0.4 is 0 Å². The summed E-state index contributed by atoms with van der Waals surface area (Å²) < 4.78 is 0. The van der Waals surface area contributed by atoms with Crippen molar-refractivity contribution >= 4 is 12.1 Å². The van der Waals surface area contributed by atoms with Crippen molar-refractivity contribution in [2.45, 2.75) is 58.7 Å². The van der Waals surface area contributed by atoms with E-state index in [4.69, 9.17) is 0 Å². The van der Waals surface area contributed by atoms with Crippen LogP contribution in [0.25, 0.3) is 6.08 Å². The van der Waals surface area contributed by atoms with Gasteiger partial charge in [-0.2, -0.15) is 0 Å². The van der Waals surface area contributed by atoms with E-state index < -0.39 is 0 Å². The van der Waals surface area contributed by atoms with Gasteiger partial charge >= 0.3 is 6.03 Å². The molecule has 1 aliphatic rings. The normalized spacial score (nSPS) is 20.3. The van der Waals surface area contributed by atoms with Gasteiger partial charge in [0.1, 0.15) is 0 Å². The van der Waals surface area contributed by atoms with Crippen molar-refractivity contribution in [1.29, 1.82) is 0 Å². The molecule has 0 spiro atoms. The third-order valence-electron chi connectivity index (χ3n) is 3.98. The second-order valence-electron chi connectivity index (χ2n) is 7.94. The van der Waals surface area contributed by atoms with Gasteiger partial charge < -0.3 is 9.80 Å². The molecule has 1 heterocycles. The maximum Gasteiger partial charge on any atom is 0.321 e. The molecule has 1 aromatic rings. The molecule has 120 valence electrons. The van der Waals surface area contributed by atoms with Crippen molar-refractivity contribution in [1.82, 2.24) is 9.80 Å². The first-order valence-corrected chi connectivity index (χ1v) is 7.95. The minimum Gasteiger partial charge on any atom is -0.317 e. The summed E-state index contributed by atoms with van der Waals surface area (Å²) in [6.07, 6.45) is 4.27. The van der Waals surface area contributed by atoms with Gasteiger partial charge in [0, 0.05) is 17.6 Å². The molecular weight excluding hydrogens is 272 g/mol. The van der Waals surface area contributed by atoms with E-state index in [9.17, 15) is 4.79 Å². The van der Waals surface area contributed by atoms with Crippen LogP contribution in [0.1, 0.15) is 47.1 Å². The van der Waals surface area contributed by atoms with Gasteiger partial charge in [-0.05, 0) is 47.1 Å². The second kappa shape index (κ2) is 5.79. The van der Waals surface area contributed by atoms with Crippen molar-refractivity contribution < 1.29 is 4.79 Å². The summed E-state index contributed by atoms with van der Waals surface area (Å²) in [5.41, 5.74) is 0.816. The Bertz CT molecular complexity index is 549. The summed E-state index contributed by atoms with van der Waals surface area (Å²) >= 11 is 0. The van der Waals surface area contributed by atoms with Gasteiger partial charge in [-0.15, -0.1) is 0 Å². The Morgan fingerprint density at radius 2 is 1.59 bits per heavy atom. The van der Waals surface area contributed by atoms with E-state index >= 15 is 0 Å². The molecule has 3 nitrogen and oxygen atoms in total. The fourth-order valence-electron chi connectivity index (χ4n) is 2.90. The second-order valence-corrected chi connectivity index (χ2v) is 7.94. The highest BCUT2D eigenvalue weighted by Crippen LogP contribution is 2.31. The van der Waals surface area contributed by atoms with Crippen molar-refractivity contribution in [2.75, 3.05) is 6.54 Å². The standard InChI is InChI=1S/C19H28N2O/c1-18(2,3)20-14-16(21(17(20)22)19(4,5)6)13-12-15-10-8-7-9-11-15/h7-13,16H,14H2,1-6H3/b13-12+. The number of benzene rings is 1. The molecule has 1 saturated heterocycles. The van der Waals surface area contributed by atoms with Gasteiger partial charge in [0.2, 0.25) is 0 Å². The molecule has 22 heavy (non-hydrogen) atoms. The fraction of sp³-hybridized carbons (Fsp3) is 0.526. The fourth-order valence-corrected chi connectivity index (χ4v) is 2.90. The summed E-state index contributed by atoms with van der Waals surface area (Å²) in [7, 11) is 0. The highest BCUT2D eigenvalue weighted by Gasteiger charge is 2.45. The lowest BCUT2D eigenvalue weighted by molar-refractivity contribution is 0.129. The van der Waals surface area contributed by atoms with Crippen LogP contribution in [0.2, 0.25) is 0 Å². The minimum atomic E-state index is -0.192. The van der Waals surface area contributed by atoms with Crippen LogP contribution in [0.15, 0.2) is 36.4 Å². The van der Waals surface area contributed by atoms with Crippen molar-refractivity contribution in [3.05, 3.63) is 42.0 Å². The monoisotopic (exact) mass is 300 g/mol. The van der Waals surface area contributed by atoms with Crippen LogP contribution in [0, 0.1) is 0 Å². The lowest BCUT2D eigenvalue weighted by Gasteiger charge is -2.36. The lowest BCUT2D eigenvalue weighted by atomic mass is 10.0. The quantitative estimate of drug-likeness (QED) is 0.794. The van der Waals surface area contributed by atoms with Crippen molar-refractivity contribution in [3.8, 4) is 0 Å². The molecule has 3 heteroatoms. The van der Waals surface area contributed by atoms with Crippen LogP contribution in [-0.4, -0.2) is 39.5 Å². The Morgan fingerprint density at radius 1 is 1.00 bits per heavy atom. The zero-order chi connectivity index (χ0) is 16.5. The zero-order valence-electron chi connectivity index (χ0n) is 14.6. The molecule has 0 N–H and O–H groups in total. The van der Waals surface area contributed by atoms with Crippen molar-refractivity contribution in [2.24, 2.45) is 0 Å². The van der Waals surface area contributed by atoms with Gasteiger partial charge in [-0.3, -0.25) is 0 Å². The summed E-state index contributed by atoms with van der Waals surface area (Å²) in [4.78, 5) is 16.8. The zero-order valence-corrected chi connectivity index (χ0v) is 14.6. The number of hydrogen-bond donors (Lipinski definition) is 0. The highest BCUT2D eigenvalue weighted by molar-refractivity contribution is 5.79. The highest BCUT2D eigenvalue weighted by atomic mass is 16.2. The molecule has 1 fully saturated rings. The molecule has 0 saturated carbocycles. The molecule has 0 bridgehead atoms. The lowest BCUT2D eigenvalue weighted by Crippen LogP contribution is -2.50. The maximum atomic E-state index is 12.8. The number of urea groups is 1. The topological polar surface area (TPSA) is 23.6 Å². The first kappa shape index (κ1) is 16.6. The molecular formula is C19H28N2O. The number of carbonyl (C=O) groups is 1. The molecule has 0 aliphatic carbocycles. The van der Waals surface area contributed by atoms with Crippen LogP contribution >= 0.6 is 0 Å². The first-order valence-electron chi connectivity index (χ1n) is 7.95. The molecule has 2 amide bonds. The maximum absolute atomic E-state index is 12.8. The Kier molecular flexibility index (Phi) is 4.37. The van der Waals surface area contributed by atoms with Crippen molar-refractivity contribution in [3.63, 3.8) is 0 Å². The predicted octanol–water partition coefficient (Wildman–Crippen LogP) is 4.40. The van der Waals surface area contributed by atoms with E-state index in [1.807, 2.05) is 28.0 Å². The smallest absolute Gasteiger partial charge is 0.317 e. The summed E-state index contributed by atoms with van der Waals surface area (Å²) in [5, 5.41) is 0. The third-order valence-corrected chi connectivity index (χ3v) is 3.98. The van der Waals surface area contributed by atoms with Crippen LogP contribution in [0.4, 0.5) is 4.79 Å². The average molecular weight is 300 g/mol. The summed E-state index contributed by atoms with van der Waals surface area (Å²) in [6, 6.07) is 10.5. The number of carbonyl (C=O) groups excluding carboxylic acids is 1. The Labute approximate surface area is 134 Å². The summed E-state index contributed by atoms with van der Waals surface area (Å²) in [5.74, 6) is 0. The van der Waals surface area contributed by atoms with E-state index in [1.54, 1.807) is 0 Å². The molecule has 0 radical (unpaired) electrons. The number of amides is 2. The first-order chi connectivity index (χ1) is 10.1. The van der Waals surface area contributed by atoms with Crippen LogP contribution in [-0.2, 0) is 0 Å². The molecule has 0 aromatic heterocycles. The van der Waals surface area contributed by atoms with Crippen LogP contribution in [0.3, 0.4) is 0 Å². The van der Waals surface area contributed by atoms with E-state index in [2.05, 4.69) is 65.8 Å². The average Bonchev–Trinajstić information content (AvgIpc) is 2.74. The Morgan fingerprint density at radius 3 is 2.09 bits per heavy atom. The molecule has 1 aromatic carbocycles. The number of hydrogen-bond acceptors (Lipinski definition) is 1. The Hall–Kier alpha value is -1.77. The van der Waals surface area contributed by atoms with E-state index in [0.29, 0.717) is 0 Å². The number of rotatable bonds is 2. The SMILES string of the molecule is CC(C)(C)N1CC(/C=C/c2ccccc2)N(C(C)(C)C)C1=O. The van der Waals surface area contributed by atoms with Gasteiger partial charge in [-0.25, -0.2) is 4.79 Å². The van der Waals surface area contributed by atoms with E-state index in [-0.39, 0.29) is 23.2 Å². The van der Waals surface area contributed by atoms with Gasteiger partial charge in [0.15, 0.2) is 0 Å². The molecule has 2 rings (SSSR count). The van der Waals surface area contributed by atoms with Gasteiger partial charge in [0.25, 0.3) is 0 Å². The number of nitrogens with zero attached hydrogens (tertiary/aromatic N) is 2. The van der Waals surface area contributed by atoms with E-state index in [1.165, 1.54) is 0 Å². The predicted molar refractivity (Wildman–Crippen MR) is 92.7 cm³/mol. The van der Waals surface area contributed by atoms with E-state index in [0.717, 1.165) is 12.1 Å². The van der Waals surface area contributed by atoms with Crippen LogP contribution in [0.5, 0.6) is 0 Å². The summed E-state index contributed by atoms with van der Waals surface area (Å²) in [6.45, 7) is 13.3.